The van der Waals surface area contributed by atoms with Crippen molar-refractivity contribution in [1.82, 2.24) is 4.98 Å². The van der Waals surface area contributed by atoms with E-state index in [1.165, 1.54) is 16.9 Å². The van der Waals surface area contributed by atoms with E-state index < -0.39 is 0 Å². The number of fused-ring (bicyclic) bond motifs is 1. The second-order valence-corrected chi connectivity index (χ2v) is 7.29. The number of nitrogens with zero attached hydrogens (tertiary/aromatic N) is 2. The monoisotopic (exact) mass is 332 g/mol. The van der Waals surface area contributed by atoms with E-state index in [1.807, 2.05) is 0 Å². The van der Waals surface area contributed by atoms with E-state index in [1.54, 1.807) is 6.92 Å². The summed E-state index contributed by atoms with van der Waals surface area (Å²) in [5, 5.41) is 0.972. The Kier molecular flexibility index (Phi) is 4.55. The predicted molar refractivity (Wildman–Crippen MR) is 97.5 cm³/mol. The summed E-state index contributed by atoms with van der Waals surface area (Å²) < 4.78 is 0. The number of aryl methyl sites for hydroxylation is 1. The van der Waals surface area contributed by atoms with Crippen molar-refractivity contribution in [1.29, 1.82) is 0 Å². The van der Waals surface area contributed by atoms with Crippen molar-refractivity contribution in [3.63, 3.8) is 0 Å². The Morgan fingerprint density at radius 1 is 1.43 bits per heavy atom. The first-order chi connectivity index (χ1) is 11.0. The van der Waals surface area contributed by atoms with Crippen LogP contribution in [0.4, 0.5) is 11.5 Å². The second-order valence-electron chi connectivity index (χ2n) is 6.30. The van der Waals surface area contributed by atoms with Gasteiger partial charge in [0.15, 0.2) is 5.78 Å². The van der Waals surface area contributed by atoms with Crippen LogP contribution in [0.3, 0.4) is 0 Å². The number of nitrogens with two attached hydrogens (primary N) is 2. The zero-order valence-corrected chi connectivity index (χ0v) is 14.6. The Bertz CT molecular complexity index is 732. The molecule has 23 heavy (non-hydrogen) atoms. The molecule has 3 rings (SSSR count). The van der Waals surface area contributed by atoms with Crippen LogP contribution in [0.1, 0.15) is 48.3 Å². The number of nitrogen functional groups attached to an aromatic ring is 1. The van der Waals surface area contributed by atoms with Gasteiger partial charge in [0.25, 0.3) is 0 Å². The predicted octanol–water partition coefficient (Wildman–Crippen LogP) is 2.96. The molecule has 1 fully saturated rings. The lowest BCUT2D eigenvalue weighted by Crippen LogP contribution is -2.40. The van der Waals surface area contributed by atoms with Crippen LogP contribution in [-0.2, 0) is 6.42 Å². The minimum Gasteiger partial charge on any atom is -0.397 e. The van der Waals surface area contributed by atoms with E-state index in [0.29, 0.717) is 16.6 Å². The molecule has 1 saturated heterocycles. The van der Waals surface area contributed by atoms with Gasteiger partial charge in [-0.2, -0.15) is 0 Å². The van der Waals surface area contributed by atoms with Gasteiger partial charge in [-0.15, -0.1) is 11.3 Å². The van der Waals surface area contributed by atoms with E-state index in [0.717, 1.165) is 54.8 Å². The Balaban J connectivity index is 2.08. The Labute approximate surface area is 140 Å². The number of carbonyl (C=O) groups is 1. The fraction of sp³-hybridized carbons (Fsp3) is 0.529. The lowest BCUT2D eigenvalue weighted by Gasteiger charge is -2.31. The van der Waals surface area contributed by atoms with Crippen molar-refractivity contribution in [3.05, 3.63) is 16.5 Å². The van der Waals surface area contributed by atoms with Gasteiger partial charge in [-0.25, -0.2) is 4.98 Å². The summed E-state index contributed by atoms with van der Waals surface area (Å²) >= 11 is 1.41. The molecule has 0 bridgehead atoms. The van der Waals surface area contributed by atoms with Gasteiger partial charge in [0.1, 0.15) is 10.6 Å². The summed E-state index contributed by atoms with van der Waals surface area (Å²) in [6.07, 6.45) is 3.97. The number of thiophene rings is 1. The van der Waals surface area contributed by atoms with Gasteiger partial charge in [0, 0.05) is 31.4 Å². The van der Waals surface area contributed by atoms with Gasteiger partial charge < -0.3 is 16.4 Å². The lowest BCUT2D eigenvalue weighted by molar-refractivity contribution is 0.102. The molecule has 124 valence electrons. The highest BCUT2D eigenvalue weighted by Gasteiger charge is 2.22. The SMILES string of the molecule is CCCc1cc(N2CCC(N)CC2)nc2sc(C(C)=O)c(N)c12. The van der Waals surface area contributed by atoms with Gasteiger partial charge in [0.2, 0.25) is 0 Å². The highest BCUT2D eigenvalue weighted by Crippen LogP contribution is 2.37. The first kappa shape index (κ1) is 16.2. The fourth-order valence-corrected chi connectivity index (χ4v) is 4.23. The molecular weight excluding hydrogens is 308 g/mol. The molecule has 1 aliphatic rings. The maximum Gasteiger partial charge on any atom is 0.171 e. The minimum atomic E-state index is 0.0124. The average molecular weight is 332 g/mol. The van der Waals surface area contributed by atoms with E-state index >= 15 is 0 Å². The van der Waals surface area contributed by atoms with E-state index in [9.17, 15) is 4.79 Å². The molecule has 0 spiro atoms. The zero-order valence-electron chi connectivity index (χ0n) is 13.8. The lowest BCUT2D eigenvalue weighted by atomic mass is 10.0. The summed E-state index contributed by atoms with van der Waals surface area (Å²) in [7, 11) is 0. The summed E-state index contributed by atoms with van der Waals surface area (Å²) in [6, 6.07) is 2.45. The Morgan fingerprint density at radius 2 is 2.13 bits per heavy atom. The third kappa shape index (κ3) is 3.05. The molecule has 0 aromatic carbocycles. The van der Waals surface area contributed by atoms with E-state index in [4.69, 9.17) is 16.5 Å². The van der Waals surface area contributed by atoms with Crippen LogP contribution in [0, 0.1) is 0 Å². The Morgan fingerprint density at radius 3 is 2.74 bits per heavy atom. The largest absolute Gasteiger partial charge is 0.397 e. The number of hydrogen-bond acceptors (Lipinski definition) is 6. The summed E-state index contributed by atoms with van der Waals surface area (Å²) in [4.78, 5) is 20.4. The normalized spacial score (nSPS) is 16.2. The Hall–Kier alpha value is -1.66. The minimum absolute atomic E-state index is 0.0124. The van der Waals surface area contributed by atoms with Crippen LogP contribution in [0.25, 0.3) is 10.2 Å². The van der Waals surface area contributed by atoms with Crippen molar-refractivity contribution in [2.75, 3.05) is 23.7 Å². The third-order valence-electron chi connectivity index (χ3n) is 4.47. The number of anilines is 2. The first-order valence-electron chi connectivity index (χ1n) is 8.24. The van der Waals surface area contributed by atoms with Crippen molar-refractivity contribution in [2.45, 2.75) is 45.6 Å². The highest BCUT2D eigenvalue weighted by molar-refractivity contribution is 7.21. The molecule has 0 atom stereocenters. The maximum atomic E-state index is 11.8. The van der Waals surface area contributed by atoms with Crippen LogP contribution in [0.15, 0.2) is 6.07 Å². The number of ketones is 1. The maximum absolute atomic E-state index is 11.8. The quantitative estimate of drug-likeness (QED) is 0.841. The molecule has 3 heterocycles. The van der Waals surface area contributed by atoms with Crippen molar-refractivity contribution in [3.8, 4) is 0 Å². The molecule has 0 aliphatic carbocycles. The third-order valence-corrected chi connectivity index (χ3v) is 5.67. The van der Waals surface area contributed by atoms with Crippen LogP contribution in [0.2, 0.25) is 0 Å². The number of Topliss-reactive ketones (excluding diaryl/α,β-unsaturated/α-hetero) is 1. The van der Waals surface area contributed by atoms with Gasteiger partial charge in [-0.1, -0.05) is 13.3 Å². The molecule has 0 saturated carbocycles. The topological polar surface area (TPSA) is 85.2 Å². The molecule has 0 amide bonds. The van der Waals surface area contributed by atoms with E-state index in [2.05, 4.69) is 17.9 Å². The number of rotatable bonds is 4. The molecule has 4 N–H and O–H groups in total. The average Bonchev–Trinajstić information content (AvgIpc) is 2.86. The van der Waals surface area contributed by atoms with E-state index in [-0.39, 0.29) is 5.78 Å². The number of piperidine rings is 1. The number of pyridine rings is 1. The van der Waals surface area contributed by atoms with Gasteiger partial charge >= 0.3 is 0 Å². The fourth-order valence-electron chi connectivity index (χ4n) is 3.20. The highest BCUT2D eigenvalue weighted by atomic mass is 32.1. The van der Waals surface area contributed by atoms with Crippen LogP contribution in [-0.4, -0.2) is 29.9 Å². The van der Waals surface area contributed by atoms with Crippen molar-refractivity contribution < 1.29 is 4.79 Å². The van der Waals surface area contributed by atoms with Crippen molar-refractivity contribution in [2.24, 2.45) is 5.73 Å². The van der Waals surface area contributed by atoms with Crippen LogP contribution in [0.5, 0.6) is 0 Å². The first-order valence-corrected chi connectivity index (χ1v) is 9.06. The molecule has 1 aliphatic heterocycles. The number of aromatic nitrogens is 1. The molecule has 5 nitrogen and oxygen atoms in total. The second kappa shape index (κ2) is 6.45. The van der Waals surface area contributed by atoms with Crippen molar-refractivity contribution >= 4 is 38.8 Å². The van der Waals surface area contributed by atoms with Gasteiger partial charge in [0.05, 0.1) is 10.6 Å². The van der Waals surface area contributed by atoms with Gasteiger partial charge in [-0.3, -0.25) is 4.79 Å². The summed E-state index contributed by atoms with van der Waals surface area (Å²) in [5.41, 5.74) is 14.0. The summed E-state index contributed by atoms with van der Waals surface area (Å²) in [6.45, 7) is 5.59. The summed E-state index contributed by atoms with van der Waals surface area (Å²) in [5.74, 6) is 1.00. The number of carbonyl (C=O) groups excluding carboxylic acids is 1. The standard InChI is InChI=1S/C17H24N4OS/c1-3-4-11-9-13(21-7-5-12(18)6-8-21)20-17-14(11)15(19)16(23-17)10(2)22/h9,12H,3-8,18-19H2,1-2H3. The molecule has 0 radical (unpaired) electrons. The molecule has 2 aromatic heterocycles. The molecule has 6 heteroatoms. The van der Waals surface area contributed by atoms with Crippen LogP contribution >= 0.6 is 11.3 Å². The molecule has 2 aromatic rings. The van der Waals surface area contributed by atoms with Crippen LogP contribution < -0.4 is 16.4 Å². The zero-order chi connectivity index (χ0) is 16.6. The molecule has 0 unspecified atom stereocenters. The van der Waals surface area contributed by atoms with Gasteiger partial charge in [-0.05, 0) is 30.9 Å². The smallest absolute Gasteiger partial charge is 0.171 e. The molecular formula is C17H24N4OS. The number of hydrogen-bond donors (Lipinski definition) is 2.